The minimum absolute atomic E-state index is 0.304. The second kappa shape index (κ2) is 4.80. The van der Waals surface area contributed by atoms with Gasteiger partial charge in [-0.15, -0.1) is 0 Å². The van der Waals surface area contributed by atoms with Crippen molar-refractivity contribution in [1.82, 2.24) is 9.55 Å². The molecule has 1 aromatic carbocycles. The molecule has 0 saturated carbocycles. The number of carbonyl (C=O) groups is 1. The Kier molecular flexibility index (Phi) is 3.36. The van der Waals surface area contributed by atoms with Crippen molar-refractivity contribution in [1.29, 1.82) is 0 Å². The number of halogens is 2. The van der Waals surface area contributed by atoms with Crippen molar-refractivity contribution in [2.45, 2.75) is 0 Å². The highest BCUT2D eigenvalue weighted by molar-refractivity contribution is 6.42. The van der Waals surface area contributed by atoms with Gasteiger partial charge in [-0.2, -0.15) is 0 Å². The van der Waals surface area contributed by atoms with Crippen LogP contribution in [-0.4, -0.2) is 15.5 Å². The Bertz CT molecular complexity index is 682. The third-order valence-corrected chi connectivity index (χ3v) is 2.99. The van der Waals surface area contributed by atoms with E-state index in [9.17, 15) is 9.59 Å². The summed E-state index contributed by atoms with van der Waals surface area (Å²) in [5, 5.41) is 0.677. The molecule has 2 rings (SSSR count). The van der Waals surface area contributed by atoms with Gasteiger partial charge in [0.15, 0.2) is 5.69 Å². The van der Waals surface area contributed by atoms with Crippen molar-refractivity contribution < 1.29 is 4.79 Å². The van der Waals surface area contributed by atoms with Crippen molar-refractivity contribution >= 4 is 29.1 Å². The number of hydrogen-bond donors (Lipinski definition) is 1. The molecule has 5 nitrogen and oxygen atoms in total. The Morgan fingerprint density at radius 1 is 1.28 bits per heavy atom. The van der Waals surface area contributed by atoms with Gasteiger partial charge in [0.05, 0.1) is 15.7 Å². The minimum Gasteiger partial charge on any atom is -0.364 e. The lowest BCUT2D eigenvalue weighted by atomic mass is 10.3. The highest BCUT2D eigenvalue weighted by atomic mass is 35.5. The standard InChI is InChI=1S/C11H7Cl2N3O2/c12-7-2-1-6(5-8(7)13)16-4-3-15-9(10(14)17)11(16)18/h1-5H,(H2,14,17). The molecule has 7 heteroatoms. The van der Waals surface area contributed by atoms with E-state index in [1.807, 2.05) is 0 Å². The highest BCUT2D eigenvalue weighted by Crippen LogP contribution is 2.23. The summed E-state index contributed by atoms with van der Waals surface area (Å²) < 4.78 is 1.22. The van der Waals surface area contributed by atoms with Crippen LogP contribution in [0, 0.1) is 0 Å². The second-order valence-corrected chi connectivity index (χ2v) is 4.23. The Labute approximate surface area is 112 Å². The van der Waals surface area contributed by atoms with E-state index in [0.29, 0.717) is 15.7 Å². The Balaban J connectivity index is 2.65. The largest absolute Gasteiger partial charge is 0.364 e. The number of amides is 1. The summed E-state index contributed by atoms with van der Waals surface area (Å²) in [4.78, 5) is 26.6. The molecule has 1 aromatic heterocycles. The van der Waals surface area contributed by atoms with Crippen LogP contribution in [0.4, 0.5) is 0 Å². The van der Waals surface area contributed by atoms with Gasteiger partial charge in [-0.1, -0.05) is 23.2 Å². The summed E-state index contributed by atoms with van der Waals surface area (Å²) in [7, 11) is 0. The normalized spacial score (nSPS) is 10.3. The van der Waals surface area contributed by atoms with Gasteiger partial charge < -0.3 is 5.73 Å². The van der Waals surface area contributed by atoms with Gasteiger partial charge in [-0.3, -0.25) is 14.2 Å². The fourth-order valence-electron chi connectivity index (χ4n) is 1.42. The first-order valence-electron chi connectivity index (χ1n) is 4.83. The zero-order valence-electron chi connectivity index (χ0n) is 8.93. The SMILES string of the molecule is NC(=O)c1nccn(-c2ccc(Cl)c(Cl)c2)c1=O. The average molecular weight is 284 g/mol. The molecule has 1 amide bonds. The molecule has 0 radical (unpaired) electrons. The number of aromatic nitrogens is 2. The van der Waals surface area contributed by atoms with Gasteiger partial charge in [0.25, 0.3) is 11.5 Å². The third kappa shape index (κ3) is 2.23. The maximum absolute atomic E-state index is 11.9. The summed E-state index contributed by atoms with van der Waals surface area (Å²) >= 11 is 11.6. The van der Waals surface area contributed by atoms with Crippen LogP contribution in [0.5, 0.6) is 0 Å². The Morgan fingerprint density at radius 3 is 2.61 bits per heavy atom. The molecule has 0 saturated heterocycles. The van der Waals surface area contributed by atoms with Crippen molar-refractivity contribution in [2.75, 3.05) is 0 Å². The second-order valence-electron chi connectivity index (χ2n) is 3.41. The smallest absolute Gasteiger partial charge is 0.286 e. The van der Waals surface area contributed by atoms with Crippen LogP contribution < -0.4 is 11.3 Å². The molecule has 0 aliphatic carbocycles. The van der Waals surface area contributed by atoms with Gasteiger partial charge in [-0.05, 0) is 18.2 Å². The molecule has 0 unspecified atom stereocenters. The molecular weight excluding hydrogens is 277 g/mol. The van der Waals surface area contributed by atoms with Gasteiger partial charge >= 0.3 is 0 Å². The van der Waals surface area contributed by atoms with Crippen molar-refractivity contribution in [3.05, 3.63) is 56.7 Å². The van der Waals surface area contributed by atoms with Gasteiger partial charge in [-0.25, -0.2) is 4.98 Å². The molecule has 18 heavy (non-hydrogen) atoms. The molecule has 0 bridgehead atoms. The Hall–Kier alpha value is -1.85. The highest BCUT2D eigenvalue weighted by Gasteiger charge is 2.11. The predicted octanol–water partition coefficient (Wildman–Crippen LogP) is 1.64. The molecule has 0 spiro atoms. The van der Waals surface area contributed by atoms with Crippen molar-refractivity contribution in [3.63, 3.8) is 0 Å². The van der Waals surface area contributed by atoms with Crippen molar-refractivity contribution in [3.8, 4) is 5.69 Å². The zero-order chi connectivity index (χ0) is 13.3. The first-order chi connectivity index (χ1) is 8.50. The lowest BCUT2D eigenvalue weighted by Gasteiger charge is -2.07. The van der Waals surface area contributed by atoms with E-state index in [4.69, 9.17) is 28.9 Å². The van der Waals surface area contributed by atoms with Gasteiger partial charge in [0.1, 0.15) is 0 Å². The number of rotatable bonds is 2. The molecule has 0 aliphatic heterocycles. The van der Waals surface area contributed by atoms with Gasteiger partial charge in [0.2, 0.25) is 0 Å². The monoisotopic (exact) mass is 283 g/mol. The number of nitrogens with zero attached hydrogens (tertiary/aromatic N) is 2. The third-order valence-electron chi connectivity index (χ3n) is 2.26. The van der Waals surface area contributed by atoms with E-state index < -0.39 is 11.5 Å². The molecule has 1 heterocycles. The number of hydrogen-bond acceptors (Lipinski definition) is 3. The van der Waals surface area contributed by atoms with Crippen LogP contribution in [0.2, 0.25) is 10.0 Å². The predicted molar refractivity (Wildman–Crippen MR) is 68.4 cm³/mol. The summed E-state index contributed by atoms with van der Waals surface area (Å²) in [5.74, 6) is -0.880. The first-order valence-corrected chi connectivity index (χ1v) is 5.59. The molecule has 92 valence electrons. The summed E-state index contributed by atoms with van der Waals surface area (Å²) in [6.45, 7) is 0. The topological polar surface area (TPSA) is 78.0 Å². The molecular formula is C11H7Cl2N3O2. The average Bonchev–Trinajstić information content (AvgIpc) is 2.33. The van der Waals surface area contributed by atoms with E-state index in [2.05, 4.69) is 4.98 Å². The van der Waals surface area contributed by atoms with Gasteiger partial charge in [0, 0.05) is 12.4 Å². The summed E-state index contributed by atoms with van der Waals surface area (Å²) in [6.07, 6.45) is 2.72. The summed E-state index contributed by atoms with van der Waals surface area (Å²) in [5.41, 5.74) is 4.59. The first kappa shape index (κ1) is 12.6. The number of primary amides is 1. The van der Waals surface area contributed by atoms with E-state index in [-0.39, 0.29) is 5.69 Å². The van der Waals surface area contributed by atoms with Crippen LogP contribution in [0.1, 0.15) is 10.5 Å². The fourth-order valence-corrected chi connectivity index (χ4v) is 1.71. The van der Waals surface area contributed by atoms with Crippen LogP contribution in [0.25, 0.3) is 5.69 Å². The lowest BCUT2D eigenvalue weighted by Crippen LogP contribution is -2.29. The van der Waals surface area contributed by atoms with E-state index in [0.717, 1.165) is 0 Å². The number of nitrogens with two attached hydrogens (primary N) is 1. The van der Waals surface area contributed by atoms with Crippen LogP contribution >= 0.6 is 23.2 Å². The fraction of sp³-hybridized carbons (Fsp3) is 0. The van der Waals surface area contributed by atoms with E-state index in [1.54, 1.807) is 12.1 Å². The molecule has 0 atom stereocenters. The van der Waals surface area contributed by atoms with Crippen LogP contribution in [0.3, 0.4) is 0 Å². The molecule has 0 aliphatic rings. The van der Waals surface area contributed by atoms with E-state index >= 15 is 0 Å². The zero-order valence-corrected chi connectivity index (χ0v) is 10.4. The molecule has 0 fully saturated rings. The maximum Gasteiger partial charge on any atom is 0.286 e. The quantitative estimate of drug-likeness (QED) is 0.910. The maximum atomic E-state index is 11.9. The minimum atomic E-state index is -0.880. The molecule has 2 N–H and O–H groups in total. The Morgan fingerprint density at radius 2 is 2.00 bits per heavy atom. The van der Waals surface area contributed by atoms with Crippen LogP contribution in [0.15, 0.2) is 35.4 Å². The van der Waals surface area contributed by atoms with Crippen molar-refractivity contribution in [2.24, 2.45) is 5.73 Å². The number of carbonyl (C=O) groups excluding carboxylic acids is 1. The number of benzene rings is 1. The van der Waals surface area contributed by atoms with E-state index in [1.165, 1.54) is 23.0 Å². The van der Waals surface area contributed by atoms with Crippen LogP contribution in [-0.2, 0) is 0 Å². The molecule has 2 aromatic rings. The lowest BCUT2D eigenvalue weighted by molar-refractivity contribution is 0.0993. The summed E-state index contributed by atoms with van der Waals surface area (Å²) in [6, 6.07) is 4.66.